The molecule has 0 radical (unpaired) electrons. The van der Waals surface area contributed by atoms with Crippen LogP contribution in [-0.4, -0.2) is 23.5 Å². The van der Waals surface area contributed by atoms with Crippen molar-refractivity contribution >= 4 is 0 Å². The molecule has 2 heterocycles. The molecule has 76 valence electrons. The summed E-state index contributed by atoms with van der Waals surface area (Å²) in [6.07, 6.45) is 11.7. The molecule has 0 aromatic rings. The van der Waals surface area contributed by atoms with Gasteiger partial charge in [0.15, 0.2) is 0 Å². The minimum absolute atomic E-state index is 0.948. The lowest BCUT2D eigenvalue weighted by atomic mass is 9.87. The van der Waals surface area contributed by atoms with Gasteiger partial charge in [0.2, 0.25) is 0 Å². The number of rotatable bonds is 2. The maximum atomic E-state index is 2.83. The van der Waals surface area contributed by atoms with Crippen LogP contribution >= 0.6 is 0 Å². The summed E-state index contributed by atoms with van der Waals surface area (Å²) < 4.78 is 0. The van der Waals surface area contributed by atoms with Crippen molar-refractivity contribution in [2.24, 2.45) is 0 Å². The summed E-state index contributed by atoms with van der Waals surface area (Å²) in [5.74, 6) is 0. The van der Waals surface area contributed by atoms with E-state index in [0.717, 1.165) is 12.1 Å². The molecule has 1 heteroatoms. The van der Waals surface area contributed by atoms with Crippen LogP contribution in [0.15, 0.2) is 0 Å². The Bertz CT molecular complexity index is 151. The molecule has 2 saturated heterocycles. The van der Waals surface area contributed by atoms with E-state index in [1.165, 1.54) is 57.9 Å². The molecule has 0 amide bonds. The molecule has 0 saturated carbocycles. The Morgan fingerprint density at radius 3 is 2.77 bits per heavy atom. The van der Waals surface area contributed by atoms with Gasteiger partial charge in [-0.05, 0) is 38.6 Å². The molecule has 0 bridgehead atoms. The molecule has 0 aliphatic carbocycles. The number of nitrogens with zero attached hydrogens (tertiary/aromatic N) is 1. The van der Waals surface area contributed by atoms with E-state index >= 15 is 0 Å². The predicted octanol–water partition coefficient (Wildman–Crippen LogP) is 3.19. The molecule has 2 atom stereocenters. The molecule has 2 fully saturated rings. The smallest absolute Gasteiger partial charge is 0.00982 e. The summed E-state index contributed by atoms with van der Waals surface area (Å²) in [4.78, 5) is 2.83. The summed E-state index contributed by atoms with van der Waals surface area (Å²) in [6, 6.07) is 1.92. The van der Waals surface area contributed by atoms with E-state index in [-0.39, 0.29) is 0 Å². The van der Waals surface area contributed by atoms with Crippen LogP contribution in [0.4, 0.5) is 0 Å². The average molecular weight is 181 g/mol. The summed E-state index contributed by atoms with van der Waals surface area (Å²) in [6.45, 7) is 3.73. The minimum atomic E-state index is 0.948. The highest BCUT2D eigenvalue weighted by Crippen LogP contribution is 2.31. The molecule has 2 aliphatic heterocycles. The fourth-order valence-corrected chi connectivity index (χ4v) is 3.21. The highest BCUT2D eigenvalue weighted by Gasteiger charge is 2.31. The van der Waals surface area contributed by atoms with Gasteiger partial charge >= 0.3 is 0 Å². The van der Waals surface area contributed by atoms with Crippen LogP contribution < -0.4 is 0 Å². The molecular formula is C12H23N. The van der Waals surface area contributed by atoms with E-state index in [1.54, 1.807) is 0 Å². The van der Waals surface area contributed by atoms with E-state index in [2.05, 4.69) is 11.8 Å². The topological polar surface area (TPSA) is 3.24 Å². The second-order valence-corrected chi connectivity index (χ2v) is 4.76. The molecule has 0 N–H and O–H groups in total. The van der Waals surface area contributed by atoms with E-state index in [1.807, 2.05) is 0 Å². The lowest BCUT2D eigenvalue weighted by Gasteiger charge is -2.45. The first kappa shape index (κ1) is 9.51. The molecule has 0 aromatic carbocycles. The van der Waals surface area contributed by atoms with Crippen molar-refractivity contribution in [3.63, 3.8) is 0 Å². The maximum Gasteiger partial charge on any atom is 0.00982 e. The standard InChI is InChI=1S/C12H23N/c1-2-6-11-8-5-9-12-7-3-4-10-13(11)12/h11-12H,2-10H2,1H3/t11-,12+/m0/s1. The first-order chi connectivity index (χ1) is 6.42. The van der Waals surface area contributed by atoms with Crippen molar-refractivity contribution in [3.8, 4) is 0 Å². The van der Waals surface area contributed by atoms with E-state index < -0.39 is 0 Å². The minimum Gasteiger partial charge on any atom is -0.297 e. The third-order valence-electron chi connectivity index (χ3n) is 3.84. The Morgan fingerprint density at radius 1 is 1.08 bits per heavy atom. The third-order valence-corrected chi connectivity index (χ3v) is 3.84. The quantitative estimate of drug-likeness (QED) is 0.632. The Kier molecular flexibility index (Phi) is 3.26. The molecule has 2 rings (SSSR count). The van der Waals surface area contributed by atoms with Gasteiger partial charge in [0.1, 0.15) is 0 Å². The number of hydrogen-bond acceptors (Lipinski definition) is 1. The summed E-state index contributed by atoms with van der Waals surface area (Å²) in [5.41, 5.74) is 0. The molecule has 0 unspecified atom stereocenters. The molecule has 1 nitrogen and oxygen atoms in total. The zero-order valence-electron chi connectivity index (χ0n) is 8.97. The second-order valence-electron chi connectivity index (χ2n) is 4.76. The van der Waals surface area contributed by atoms with Crippen molar-refractivity contribution < 1.29 is 0 Å². The van der Waals surface area contributed by atoms with Crippen LogP contribution in [0, 0.1) is 0 Å². The van der Waals surface area contributed by atoms with E-state index in [4.69, 9.17) is 0 Å². The Morgan fingerprint density at radius 2 is 1.92 bits per heavy atom. The van der Waals surface area contributed by atoms with Gasteiger partial charge in [-0.15, -0.1) is 0 Å². The van der Waals surface area contributed by atoms with Crippen LogP contribution in [-0.2, 0) is 0 Å². The van der Waals surface area contributed by atoms with Crippen molar-refractivity contribution in [3.05, 3.63) is 0 Å². The van der Waals surface area contributed by atoms with Gasteiger partial charge in [0, 0.05) is 12.1 Å². The van der Waals surface area contributed by atoms with Crippen molar-refractivity contribution in [1.29, 1.82) is 0 Å². The zero-order chi connectivity index (χ0) is 9.10. The first-order valence-electron chi connectivity index (χ1n) is 6.17. The Balaban J connectivity index is 1.94. The highest BCUT2D eigenvalue weighted by atomic mass is 15.2. The lowest BCUT2D eigenvalue weighted by Crippen LogP contribution is -2.49. The van der Waals surface area contributed by atoms with Gasteiger partial charge in [-0.25, -0.2) is 0 Å². The molecule has 13 heavy (non-hydrogen) atoms. The Labute approximate surface area is 82.5 Å². The van der Waals surface area contributed by atoms with E-state index in [0.29, 0.717) is 0 Å². The van der Waals surface area contributed by atoms with Crippen molar-refractivity contribution in [1.82, 2.24) is 4.90 Å². The monoisotopic (exact) mass is 181 g/mol. The lowest BCUT2D eigenvalue weighted by molar-refractivity contribution is 0.0478. The predicted molar refractivity (Wildman–Crippen MR) is 56.9 cm³/mol. The first-order valence-corrected chi connectivity index (χ1v) is 6.17. The average Bonchev–Trinajstić information content (AvgIpc) is 2.19. The van der Waals surface area contributed by atoms with Crippen LogP contribution in [0.3, 0.4) is 0 Å². The Hall–Kier alpha value is -0.0400. The number of fused-ring (bicyclic) bond motifs is 1. The SMILES string of the molecule is CCC[C@H]1CCC[C@H]2CCCCN21. The molecule has 2 aliphatic rings. The van der Waals surface area contributed by atoms with Crippen LogP contribution in [0.2, 0.25) is 0 Å². The van der Waals surface area contributed by atoms with Gasteiger partial charge in [-0.1, -0.05) is 26.2 Å². The number of piperidine rings is 2. The van der Waals surface area contributed by atoms with Crippen LogP contribution in [0.5, 0.6) is 0 Å². The van der Waals surface area contributed by atoms with Gasteiger partial charge in [-0.3, -0.25) is 4.90 Å². The largest absolute Gasteiger partial charge is 0.297 e. The summed E-state index contributed by atoms with van der Waals surface area (Å²) in [5, 5.41) is 0. The second kappa shape index (κ2) is 4.45. The van der Waals surface area contributed by atoms with Crippen LogP contribution in [0.25, 0.3) is 0 Å². The zero-order valence-corrected chi connectivity index (χ0v) is 8.97. The number of hydrogen-bond donors (Lipinski definition) is 0. The fourth-order valence-electron chi connectivity index (χ4n) is 3.21. The fraction of sp³-hybridized carbons (Fsp3) is 1.00. The van der Waals surface area contributed by atoms with Gasteiger partial charge in [-0.2, -0.15) is 0 Å². The normalized spacial score (nSPS) is 35.8. The van der Waals surface area contributed by atoms with Gasteiger partial charge in [0.25, 0.3) is 0 Å². The van der Waals surface area contributed by atoms with Gasteiger partial charge < -0.3 is 0 Å². The van der Waals surface area contributed by atoms with E-state index in [9.17, 15) is 0 Å². The molecule has 0 aromatic heterocycles. The molecular weight excluding hydrogens is 158 g/mol. The summed E-state index contributed by atoms with van der Waals surface area (Å²) >= 11 is 0. The summed E-state index contributed by atoms with van der Waals surface area (Å²) in [7, 11) is 0. The third kappa shape index (κ3) is 2.07. The maximum absolute atomic E-state index is 2.83. The highest BCUT2D eigenvalue weighted by molar-refractivity contribution is 4.86. The van der Waals surface area contributed by atoms with Crippen molar-refractivity contribution in [2.75, 3.05) is 6.54 Å². The molecule has 0 spiro atoms. The van der Waals surface area contributed by atoms with Gasteiger partial charge in [0.05, 0.1) is 0 Å². The van der Waals surface area contributed by atoms with Crippen molar-refractivity contribution in [2.45, 2.75) is 70.4 Å². The van der Waals surface area contributed by atoms with Crippen LogP contribution in [0.1, 0.15) is 58.3 Å².